The van der Waals surface area contributed by atoms with E-state index in [4.69, 9.17) is 5.14 Å². The lowest BCUT2D eigenvalue weighted by Gasteiger charge is -2.10. The number of sulfonamides is 2. The number of carbonyl (C=O) groups excluding carboxylic acids is 1. The first kappa shape index (κ1) is 21.1. The standard InChI is InChI=1S/C20H15N3O5S3/c21-30(25,26)17-7-3-4-8-18(17)31(27,28)23-19(24)13-9-11-14(12-10-13)20-22-15-5-1-2-6-16(15)29-20/h1-12H,(H,23,24)(H2,21,25,26). The number of carbonyl (C=O) groups is 1. The Morgan fingerprint density at radius 1 is 0.839 bits per heavy atom. The second-order valence-electron chi connectivity index (χ2n) is 6.49. The van der Waals surface area contributed by atoms with Crippen molar-refractivity contribution in [2.45, 2.75) is 9.79 Å². The fourth-order valence-electron chi connectivity index (χ4n) is 2.90. The SMILES string of the molecule is NS(=O)(=O)c1ccccc1S(=O)(=O)NC(=O)c1ccc(-c2nc3ccccc3s2)cc1. The molecule has 0 radical (unpaired) electrons. The summed E-state index contributed by atoms with van der Waals surface area (Å²) >= 11 is 1.50. The molecule has 4 rings (SSSR count). The highest BCUT2D eigenvalue weighted by Crippen LogP contribution is 2.30. The van der Waals surface area contributed by atoms with E-state index < -0.39 is 35.7 Å². The quantitative estimate of drug-likeness (QED) is 0.457. The molecule has 3 N–H and O–H groups in total. The zero-order chi connectivity index (χ0) is 22.2. The number of rotatable bonds is 5. The summed E-state index contributed by atoms with van der Waals surface area (Å²) in [5, 5.41) is 5.85. The van der Waals surface area contributed by atoms with Crippen LogP contribution in [0.25, 0.3) is 20.8 Å². The molecule has 0 atom stereocenters. The van der Waals surface area contributed by atoms with Crippen molar-refractivity contribution >= 4 is 47.5 Å². The Morgan fingerprint density at radius 2 is 1.45 bits per heavy atom. The summed E-state index contributed by atoms with van der Waals surface area (Å²) in [6.07, 6.45) is 0. The Kier molecular flexibility index (Phi) is 5.35. The van der Waals surface area contributed by atoms with Crippen molar-refractivity contribution in [1.29, 1.82) is 0 Å². The van der Waals surface area contributed by atoms with Crippen LogP contribution in [0.2, 0.25) is 0 Å². The van der Waals surface area contributed by atoms with Crippen LogP contribution in [0.15, 0.2) is 82.6 Å². The van der Waals surface area contributed by atoms with E-state index in [9.17, 15) is 21.6 Å². The summed E-state index contributed by atoms with van der Waals surface area (Å²) in [4.78, 5) is 15.8. The predicted molar refractivity (Wildman–Crippen MR) is 118 cm³/mol. The van der Waals surface area contributed by atoms with Crippen molar-refractivity contribution < 1.29 is 21.6 Å². The molecule has 8 nitrogen and oxygen atoms in total. The number of nitrogens with zero attached hydrogens (tertiary/aromatic N) is 1. The van der Waals surface area contributed by atoms with Gasteiger partial charge in [-0.2, -0.15) is 0 Å². The summed E-state index contributed by atoms with van der Waals surface area (Å²) in [5.41, 5.74) is 1.73. The molecule has 11 heteroatoms. The lowest BCUT2D eigenvalue weighted by molar-refractivity contribution is 0.0981. The highest BCUT2D eigenvalue weighted by Gasteiger charge is 2.26. The molecule has 1 heterocycles. The van der Waals surface area contributed by atoms with Gasteiger partial charge in [-0.05, 0) is 36.4 Å². The molecule has 0 saturated heterocycles. The van der Waals surface area contributed by atoms with Gasteiger partial charge in [0.2, 0.25) is 10.0 Å². The molecular weight excluding hydrogens is 458 g/mol. The minimum absolute atomic E-state index is 0.0847. The summed E-state index contributed by atoms with van der Waals surface area (Å²) in [7, 11) is -8.77. The number of benzene rings is 3. The van der Waals surface area contributed by atoms with Crippen molar-refractivity contribution in [3.8, 4) is 10.6 Å². The molecule has 31 heavy (non-hydrogen) atoms. The molecule has 0 aliphatic rings. The average Bonchev–Trinajstić information content (AvgIpc) is 3.17. The second kappa shape index (κ2) is 7.85. The molecule has 0 aliphatic heterocycles. The number of nitrogens with two attached hydrogens (primary N) is 1. The smallest absolute Gasteiger partial charge is 0.265 e. The molecule has 1 aromatic heterocycles. The molecule has 0 aliphatic carbocycles. The number of amides is 1. The first-order valence-corrected chi connectivity index (χ1v) is 12.6. The van der Waals surface area contributed by atoms with E-state index in [0.29, 0.717) is 0 Å². The molecule has 0 bridgehead atoms. The zero-order valence-corrected chi connectivity index (χ0v) is 18.2. The van der Waals surface area contributed by atoms with Crippen molar-refractivity contribution in [3.05, 3.63) is 78.4 Å². The van der Waals surface area contributed by atoms with Gasteiger partial charge in [-0.25, -0.2) is 31.7 Å². The first-order valence-electron chi connectivity index (χ1n) is 8.80. The van der Waals surface area contributed by atoms with E-state index in [-0.39, 0.29) is 5.56 Å². The van der Waals surface area contributed by atoms with Crippen LogP contribution in [-0.2, 0) is 20.0 Å². The Morgan fingerprint density at radius 3 is 2.10 bits per heavy atom. The number of nitrogens with one attached hydrogen (secondary N) is 1. The minimum atomic E-state index is -4.47. The van der Waals surface area contributed by atoms with E-state index in [1.807, 2.05) is 29.0 Å². The summed E-state index contributed by atoms with van der Waals surface area (Å²) in [6, 6.07) is 18.7. The molecule has 1 amide bonds. The van der Waals surface area contributed by atoms with Crippen LogP contribution in [-0.4, -0.2) is 27.7 Å². The van der Waals surface area contributed by atoms with Crippen LogP contribution < -0.4 is 9.86 Å². The van der Waals surface area contributed by atoms with Crippen LogP contribution >= 0.6 is 11.3 Å². The van der Waals surface area contributed by atoms with Gasteiger partial charge in [0.15, 0.2) is 0 Å². The first-order chi connectivity index (χ1) is 14.6. The van der Waals surface area contributed by atoms with Crippen molar-refractivity contribution in [1.82, 2.24) is 9.71 Å². The van der Waals surface area contributed by atoms with Crippen LogP contribution in [0.1, 0.15) is 10.4 Å². The lowest BCUT2D eigenvalue weighted by Crippen LogP contribution is -2.32. The molecule has 0 fully saturated rings. The second-order valence-corrected chi connectivity index (χ2v) is 10.7. The zero-order valence-electron chi connectivity index (χ0n) is 15.7. The van der Waals surface area contributed by atoms with Gasteiger partial charge in [0.05, 0.1) is 10.2 Å². The molecule has 0 saturated carbocycles. The normalized spacial score (nSPS) is 12.0. The number of fused-ring (bicyclic) bond motifs is 1. The molecule has 3 aromatic carbocycles. The van der Waals surface area contributed by atoms with Gasteiger partial charge in [0.25, 0.3) is 15.9 Å². The van der Waals surface area contributed by atoms with E-state index in [1.165, 1.54) is 35.6 Å². The van der Waals surface area contributed by atoms with E-state index >= 15 is 0 Å². The largest absolute Gasteiger partial charge is 0.268 e. The van der Waals surface area contributed by atoms with Crippen LogP contribution in [0.4, 0.5) is 0 Å². The third-order valence-electron chi connectivity index (χ3n) is 4.36. The average molecular weight is 474 g/mol. The maximum Gasteiger partial charge on any atom is 0.265 e. The number of thiazole rings is 1. The van der Waals surface area contributed by atoms with Gasteiger partial charge in [0, 0.05) is 11.1 Å². The third-order valence-corrected chi connectivity index (χ3v) is 7.93. The van der Waals surface area contributed by atoms with Gasteiger partial charge in [-0.15, -0.1) is 11.3 Å². The Bertz CT molecular complexity index is 1480. The number of hydrogen-bond donors (Lipinski definition) is 2. The summed E-state index contributed by atoms with van der Waals surface area (Å²) < 4.78 is 51.5. The highest BCUT2D eigenvalue weighted by molar-refractivity contribution is 7.92. The number of hydrogen-bond acceptors (Lipinski definition) is 7. The molecule has 158 valence electrons. The Labute approximate surface area is 182 Å². The van der Waals surface area contributed by atoms with Crippen molar-refractivity contribution in [2.24, 2.45) is 5.14 Å². The van der Waals surface area contributed by atoms with E-state index in [0.717, 1.165) is 32.9 Å². The summed E-state index contributed by atoms with van der Waals surface area (Å²) in [6.45, 7) is 0. The fourth-order valence-corrected chi connectivity index (χ4v) is 6.23. The van der Waals surface area contributed by atoms with Crippen LogP contribution in [0.3, 0.4) is 0 Å². The topological polar surface area (TPSA) is 136 Å². The minimum Gasteiger partial charge on any atom is -0.268 e. The van der Waals surface area contributed by atoms with Crippen molar-refractivity contribution in [2.75, 3.05) is 0 Å². The van der Waals surface area contributed by atoms with Gasteiger partial charge in [0.1, 0.15) is 14.8 Å². The predicted octanol–water partition coefficient (Wildman–Crippen LogP) is 2.73. The van der Waals surface area contributed by atoms with Gasteiger partial charge in [-0.1, -0.05) is 36.4 Å². The molecule has 0 unspecified atom stereocenters. The highest BCUT2D eigenvalue weighted by atomic mass is 32.2. The molecular formula is C20H15N3O5S3. The van der Waals surface area contributed by atoms with E-state index in [1.54, 1.807) is 12.1 Å². The van der Waals surface area contributed by atoms with E-state index in [2.05, 4.69) is 4.98 Å². The number of para-hydroxylation sites is 1. The third kappa shape index (κ3) is 4.35. The maximum atomic E-state index is 12.6. The number of aromatic nitrogens is 1. The van der Waals surface area contributed by atoms with Crippen LogP contribution in [0, 0.1) is 0 Å². The molecule has 0 spiro atoms. The van der Waals surface area contributed by atoms with Crippen LogP contribution in [0.5, 0.6) is 0 Å². The van der Waals surface area contributed by atoms with Gasteiger partial charge in [-0.3, -0.25) is 4.79 Å². The maximum absolute atomic E-state index is 12.6. The fraction of sp³-hybridized carbons (Fsp3) is 0. The van der Waals surface area contributed by atoms with Crippen molar-refractivity contribution in [3.63, 3.8) is 0 Å². The monoisotopic (exact) mass is 473 g/mol. The Hall–Kier alpha value is -3.12. The lowest BCUT2D eigenvalue weighted by atomic mass is 10.1. The van der Waals surface area contributed by atoms with Gasteiger partial charge < -0.3 is 0 Å². The Balaban J connectivity index is 1.59. The summed E-state index contributed by atoms with van der Waals surface area (Å²) in [5.74, 6) is -0.903. The number of primary sulfonamides is 1. The van der Waals surface area contributed by atoms with Gasteiger partial charge >= 0.3 is 0 Å². The molecule has 4 aromatic rings.